The van der Waals surface area contributed by atoms with Crippen molar-refractivity contribution < 1.29 is 14.3 Å². The smallest absolute Gasteiger partial charge is 0.259 e. The van der Waals surface area contributed by atoms with Gasteiger partial charge in [-0.15, -0.1) is 0 Å². The van der Waals surface area contributed by atoms with Crippen molar-refractivity contribution in [2.45, 2.75) is 19.3 Å². The highest BCUT2D eigenvalue weighted by atomic mass is 35.5. The molecule has 6 nitrogen and oxygen atoms in total. The molecule has 1 aliphatic heterocycles. The van der Waals surface area contributed by atoms with Crippen molar-refractivity contribution in [3.05, 3.63) is 47.0 Å². The van der Waals surface area contributed by atoms with Crippen LogP contribution in [-0.4, -0.2) is 25.5 Å². The molecule has 7 heteroatoms. The van der Waals surface area contributed by atoms with E-state index >= 15 is 0 Å². The molecular formula is C19H20ClN3O3. The Bertz CT molecular complexity index is 854. The lowest BCUT2D eigenvalue weighted by atomic mass is 10.1. The van der Waals surface area contributed by atoms with E-state index in [1.54, 1.807) is 23.1 Å². The van der Waals surface area contributed by atoms with E-state index in [0.29, 0.717) is 30.1 Å². The van der Waals surface area contributed by atoms with Crippen molar-refractivity contribution in [1.82, 2.24) is 0 Å². The van der Waals surface area contributed by atoms with Crippen molar-refractivity contribution in [1.29, 1.82) is 0 Å². The summed E-state index contributed by atoms with van der Waals surface area (Å²) in [5.41, 5.74) is 7.73. The predicted molar refractivity (Wildman–Crippen MR) is 103 cm³/mol. The standard InChI is InChI=1S/C19H20ClN3O3/c1-26-17-11-16(21)15(20)10-14(17)19(25)22-12-5-4-6-13(9-12)23-8-3-2-7-18(23)24/h4-6,9-11H,2-3,7-8,21H2,1H3,(H,22,25). The quantitative estimate of drug-likeness (QED) is 0.800. The Labute approximate surface area is 156 Å². The molecule has 3 rings (SSSR count). The number of piperidine rings is 1. The first-order chi connectivity index (χ1) is 12.5. The molecule has 1 fully saturated rings. The average Bonchev–Trinajstić information content (AvgIpc) is 2.64. The van der Waals surface area contributed by atoms with Crippen LogP contribution in [0.25, 0.3) is 0 Å². The lowest BCUT2D eigenvalue weighted by Gasteiger charge is -2.27. The van der Waals surface area contributed by atoms with E-state index < -0.39 is 0 Å². The number of hydrogen-bond donors (Lipinski definition) is 2. The zero-order valence-corrected chi connectivity index (χ0v) is 15.2. The summed E-state index contributed by atoms with van der Waals surface area (Å²) in [5.74, 6) is 0.0735. The van der Waals surface area contributed by atoms with Crippen LogP contribution in [0, 0.1) is 0 Å². The lowest BCUT2D eigenvalue weighted by Crippen LogP contribution is -2.35. The van der Waals surface area contributed by atoms with Crippen molar-refractivity contribution in [3.8, 4) is 5.75 Å². The van der Waals surface area contributed by atoms with Crippen molar-refractivity contribution in [2.24, 2.45) is 0 Å². The summed E-state index contributed by atoms with van der Waals surface area (Å²) in [6, 6.07) is 10.2. The van der Waals surface area contributed by atoms with Crippen LogP contribution < -0.4 is 20.7 Å². The fourth-order valence-corrected chi connectivity index (χ4v) is 3.11. The number of ether oxygens (including phenoxy) is 1. The number of amides is 2. The Morgan fingerprint density at radius 2 is 2.08 bits per heavy atom. The summed E-state index contributed by atoms with van der Waals surface area (Å²) in [7, 11) is 1.46. The molecular weight excluding hydrogens is 354 g/mol. The molecule has 1 aliphatic rings. The second kappa shape index (κ2) is 7.66. The van der Waals surface area contributed by atoms with Gasteiger partial charge in [0.15, 0.2) is 0 Å². The van der Waals surface area contributed by atoms with E-state index in [1.165, 1.54) is 19.2 Å². The van der Waals surface area contributed by atoms with Gasteiger partial charge in [-0.05, 0) is 37.1 Å². The van der Waals surface area contributed by atoms with E-state index in [1.807, 2.05) is 6.07 Å². The van der Waals surface area contributed by atoms with Crippen LogP contribution in [-0.2, 0) is 4.79 Å². The van der Waals surface area contributed by atoms with Crippen LogP contribution in [0.1, 0.15) is 29.6 Å². The van der Waals surface area contributed by atoms with E-state index in [-0.39, 0.29) is 22.4 Å². The first-order valence-electron chi connectivity index (χ1n) is 8.34. The van der Waals surface area contributed by atoms with Crippen LogP contribution in [0.3, 0.4) is 0 Å². The minimum atomic E-state index is -0.370. The van der Waals surface area contributed by atoms with Gasteiger partial charge in [0.1, 0.15) is 5.75 Å². The first kappa shape index (κ1) is 18.1. The Kier molecular flexibility index (Phi) is 5.32. The third kappa shape index (κ3) is 3.75. The molecule has 26 heavy (non-hydrogen) atoms. The van der Waals surface area contributed by atoms with Gasteiger partial charge in [-0.2, -0.15) is 0 Å². The molecule has 0 aliphatic carbocycles. The van der Waals surface area contributed by atoms with E-state index in [0.717, 1.165) is 18.5 Å². The van der Waals surface area contributed by atoms with E-state index in [4.69, 9.17) is 22.1 Å². The number of nitrogen functional groups attached to an aromatic ring is 1. The largest absolute Gasteiger partial charge is 0.496 e. The van der Waals surface area contributed by atoms with Gasteiger partial charge in [0.2, 0.25) is 5.91 Å². The maximum absolute atomic E-state index is 12.6. The summed E-state index contributed by atoms with van der Waals surface area (Å²) < 4.78 is 5.22. The number of anilines is 3. The minimum absolute atomic E-state index is 0.103. The highest BCUT2D eigenvalue weighted by Crippen LogP contribution is 2.30. The predicted octanol–water partition coefficient (Wildman–Crippen LogP) is 3.70. The number of halogens is 1. The molecule has 0 saturated carbocycles. The number of nitrogens with one attached hydrogen (secondary N) is 1. The van der Waals surface area contributed by atoms with Gasteiger partial charge in [-0.25, -0.2) is 0 Å². The average molecular weight is 374 g/mol. The molecule has 2 aromatic rings. The van der Waals surface area contributed by atoms with E-state index in [2.05, 4.69) is 5.32 Å². The molecule has 0 atom stereocenters. The fraction of sp³-hybridized carbons (Fsp3) is 0.263. The Morgan fingerprint density at radius 1 is 1.27 bits per heavy atom. The molecule has 0 radical (unpaired) electrons. The lowest BCUT2D eigenvalue weighted by molar-refractivity contribution is -0.119. The van der Waals surface area contributed by atoms with Gasteiger partial charge in [-0.1, -0.05) is 17.7 Å². The number of hydrogen-bond acceptors (Lipinski definition) is 4. The SMILES string of the molecule is COc1cc(N)c(Cl)cc1C(=O)Nc1cccc(N2CCCCC2=O)c1. The molecule has 1 heterocycles. The molecule has 2 aromatic carbocycles. The van der Waals surface area contributed by atoms with E-state index in [9.17, 15) is 9.59 Å². The van der Waals surface area contributed by atoms with Crippen molar-refractivity contribution in [3.63, 3.8) is 0 Å². The molecule has 2 amide bonds. The summed E-state index contributed by atoms with van der Waals surface area (Å²) >= 11 is 6.03. The summed E-state index contributed by atoms with van der Waals surface area (Å²) in [4.78, 5) is 26.5. The van der Waals surface area contributed by atoms with Crippen LogP contribution in [0.2, 0.25) is 5.02 Å². The highest BCUT2D eigenvalue weighted by molar-refractivity contribution is 6.33. The summed E-state index contributed by atoms with van der Waals surface area (Å²) in [6.45, 7) is 0.692. The van der Waals surface area contributed by atoms with Gasteiger partial charge >= 0.3 is 0 Å². The number of rotatable bonds is 4. The Morgan fingerprint density at radius 3 is 2.81 bits per heavy atom. The molecule has 0 bridgehead atoms. The first-order valence-corrected chi connectivity index (χ1v) is 8.72. The van der Waals surface area contributed by atoms with Crippen molar-refractivity contribution in [2.75, 3.05) is 29.6 Å². The Balaban J connectivity index is 1.83. The van der Waals surface area contributed by atoms with Gasteiger partial charge in [-0.3, -0.25) is 9.59 Å². The summed E-state index contributed by atoms with van der Waals surface area (Å²) in [5, 5.41) is 3.10. The second-order valence-electron chi connectivity index (χ2n) is 6.08. The maximum atomic E-state index is 12.6. The van der Waals surface area contributed by atoms with Crippen LogP contribution in [0.4, 0.5) is 17.1 Å². The molecule has 3 N–H and O–H groups in total. The third-order valence-electron chi connectivity index (χ3n) is 4.30. The third-order valence-corrected chi connectivity index (χ3v) is 4.63. The van der Waals surface area contributed by atoms with Gasteiger partial charge in [0.05, 0.1) is 23.4 Å². The monoisotopic (exact) mass is 373 g/mol. The second-order valence-corrected chi connectivity index (χ2v) is 6.49. The fourth-order valence-electron chi connectivity index (χ4n) is 2.94. The molecule has 0 spiro atoms. The number of nitrogens with two attached hydrogens (primary N) is 1. The maximum Gasteiger partial charge on any atom is 0.259 e. The highest BCUT2D eigenvalue weighted by Gasteiger charge is 2.20. The van der Waals surface area contributed by atoms with Crippen LogP contribution in [0.15, 0.2) is 36.4 Å². The molecule has 136 valence electrons. The van der Waals surface area contributed by atoms with Gasteiger partial charge in [0, 0.05) is 30.4 Å². The van der Waals surface area contributed by atoms with Crippen LogP contribution in [0.5, 0.6) is 5.75 Å². The van der Waals surface area contributed by atoms with Crippen LogP contribution >= 0.6 is 11.6 Å². The number of benzene rings is 2. The zero-order valence-electron chi connectivity index (χ0n) is 14.4. The van der Waals surface area contributed by atoms with Gasteiger partial charge in [0.25, 0.3) is 5.91 Å². The minimum Gasteiger partial charge on any atom is -0.496 e. The molecule has 0 aromatic heterocycles. The number of methoxy groups -OCH3 is 1. The van der Waals surface area contributed by atoms with Crippen molar-refractivity contribution >= 4 is 40.5 Å². The Hall–Kier alpha value is -2.73. The topological polar surface area (TPSA) is 84.7 Å². The number of carbonyl (C=O) groups is 2. The molecule has 0 unspecified atom stereocenters. The normalized spacial score (nSPS) is 14.2. The zero-order chi connectivity index (χ0) is 18.7. The van der Waals surface area contributed by atoms with Gasteiger partial charge < -0.3 is 20.7 Å². The molecule has 1 saturated heterocycles. The number of carbonyl (C=O) groups excluding carboxylic acids is 2. The number of nitrogens with zero attached hydrogens (tertiary/aromatic N) is 1. The summed E-state index contributed by atoms with van der Waals surface area (Å²) in [6.07, 6.45) is 2.45.